The van der Waals surface area contributed by atoms with Gasteiger partial charge >= 0.3 is 0 Å². The molecule has 1 amide bonds. The van der Waals surface area contributed by atoms with Crippen molar-refractivity contribution in [2.75, 3.05) is 4.90 Å². The Morgan fingerprint density at radius 2 is 1.70 bits per heavy atom. The van der Waals surface area contributed by atoms with Crippen molar-refractivity contribution in [1.82, 2.24) is 0 Å². The second kappa shape index (κ2) is 6.21. The molecule has 0 aromatic heterocycles. The number of carbonyl (C=O) groups excluding carboxylic acids is 2. The third-order valence-electron chi connectivity index (χ3n) is 3.97. The molecule has 0 saturated carbocycles. The predicted molar refractivity (Wildman–Crippen MR) is 97.9 cm³/mol. The van der Waals surface area contributed by atoms with Crippen molar-refractivity contribution < 1.29 is 9.59 Å². The van der Waals surface area contributed by atoms with Crippen molar-refractivity contribution in [2.45, 2.75) is 26.3 Å². The van der Waals surface area contributed by atoms with E-state index in [0.29, 0.717) is 23.7 Å². The van der Waals surface area contributed by atoms with Crippen LogP contribution in [0.3, 0.4) is 0 Å². The highest BCUT2D eigenvalue weighted by molar-refractivity contribution is 9.11. The minimum atomic E-state index is -0.480. The Bertz CT molecular complexity index is 797. The number of fused-ring (bicyclic) bond motifs is 1. The molecule has 0 atom stereocenters. The monoisotopic (exact) mass is 435 g/mol. The number of Topliss-reactive ketones (excluding diaryl/α,β-unsaturated/α-hetero) is 1. The fourth-order valence-corrected chi connectivity index (χ4v) is 4.13. The van der Waals surface area contributed by atoms with Gasteiger partial charge in [-0.3, -0.25) is 14.5 Å². The van der Waals surface area contributed by atoms with Gasteiger partial charge in [0.05, 0.1) is 17.8 Å². The van der Waals surface area contributed by atoms with E-state index < -0.39 is 11.7 Å². The Morgan fingerprint density at radius 3 is 2.30 bits per heavy atom. The molecular formula is C18H15Br2NO2. The van der Waals surface area contributed by atoms with Gasteiger partial charge in [0.2, 0.25) is 0 Å². The lowest BCUT2D eigenvalue weighted by molar-refractivity contribution is -0.114. The van der Waals surface area contributed by atoms with Gasteiger partial charge in [-0.25, -0.2) is 0 Å². The number of benzene rings is 2. The van der Waals surface area contributed by atoms with Gasteiger partial charge in [-0.05, 0) is 45.1 Å². The van der Waals surface area contributed by atoms with E-state index in [2.05, 4.69) is 57.8 Å². The molecule has 2 aromatic rings. The fraction of sp³-hybridized carbons (Fsp3) is 0.222. The summed E-state index contributed by atoms with van der Waals surface area (Å²) in [5.41, 5.74) is 3.34. The molecule has 3 nitrogen and oxygen atoms in total. The molecule has 0 fully saturated rings. The zero-order valence-electron chi connectivity index (χ0n) is 12.8. The first-order valence-corrected chi connectivity index (χ1v) is 8.91. The van der Waals surface area contributed by atoms with E-state index in [1.165, 1.54) is 5.56 Å². The van der Waals surface area contributed by atoms with Gasteiger partial charge in [-0.15, -0.1) is 0 Å². The van der Waals surface area contributed by atoms with Crippen LogP contribution >= 0.6 is 31.9 Å². The van der Waals surface area contributed by atoms with Crippen LogP contribution in [0.4, 0.5) is 5.69 Å². The number of nitrogens with zero attached hydrogens (tertiary/aromatic N) is 1. The number of halogens is 2. The Kier molecular flexibility index (Phi) is 4.43. The minimum absolute atomic E-state index is 0.385. The Labute approximate surface area is 151 Å². The van der Waals surface area contributed by atoms with E-state index in [0.717, 1.165) is 14.5 Å². The highest BCUT2D eigenvalue weighted by Gasteiger charge is 2.37. The topological polar surface area (TPSA) is 37.4 Å². The number of rotatable bonds is 3. The smallest absolute Gasteiger partial charge is 0.299 e. The summed E-state index contributed by atoms with van der Waals surface area (Å²) in [6.07, 6.45) is 0. The highest BCUT2D eigenvalue weighted by Crippen LogP contribution is 2.39. The molecule has 1 heterocycles. The summed E-state index contributed by atoms with van der Waals surface area (Å²) in [5, 5.41) is 0. The zero-order valence-corrected chi connectivity index (χ0v) is 15.9. The van der Waals surface area contributed by atoms with Crippen LogP contribution in [0.25, 0.3) is 0 Å². The summed E-state index contributed by atoms with van der Waals surface area (Å²) in [4.78, 5) is 26.1. The number of hydrogen-bond donors (Lipinski definition) is 0. The predicted octanol–water partition coefficient (Wildman–Crippen LogP) is 5.06. The maximum absolute atomic E-state index is 12.3. The van der Waals surface area contributed by atoms with E-state index in [9.17, 15) is 9.59 Å². The number of ketones is 1. The van der Waals surface area contributed by atoms with Gasteiger partial charge in [0.15, 0.2) is 0 Å². The maximum atomic E-state index is 12.3. The fourth-order valence-electron chi connectivity index (χ4n) is 2.69. The summed E-state index contributed by atoms with van der Waals surface area (Å²) in [6.45, 7) is 4.67. The second-order valence-corrected chi connectivity index (χ2v) is 7.67. The van der Waals surface area contributed by atoms with Crippen LogP contribution in [0, 0.1) is 0 Å². The van der Waals surface area contributed by atoms with Crippen molar-refractivity contribution in [3.05, 3.63) is 62.0 Å². The molecule has 3 rings (SSSR count). The summed E-state index contributed by atoms with van der Waals surface area (Å²) in [7, 11) is 0. The Balaban J connectivity index is 1.95. The summed E-state index contributed by atoms with van der Waals surface area (Å²) in [5.74, 6) is -0.473. The second-order valence-electron chi connectivity index (χ2n) is 5.90. The minimum Gasteiger partial charge on any atom is -0.299 e. The normalized spacial score (nSPS) is 13.9. The summed E-state index contributed by atoms with van der Waals surface area (Å²) >= 11 is 6.82. The molecule has 1 aliphatic heterocycles. The molecule has 23 heavy (non-hydrogen) atoms. The first-order valence-electron chi connectivity index (χ1n) is 7.32. The van der Waals surface area contributed by atoms with Crippen molar-refractivity contribution in [1.29, 1.82) is 0 Å². The molecule has 5 heteroatoms. The third-order valence-corrected chi connectivity index (χ3v) is 5.03. The van der Waals surface area contributed by atoms with E-state index in [1.807, 2.05) is 18.2 Å². The van der Waals surface area contributed by atoms with Crippen LogP contribution in [0.2, 0.25) is 0 Å². The van der Waals surface area contributed by atoms with Crippen LogP contribution < -0.4 is 4.90 Å². The molecule has 2 aromatic carbocycles. The Morgan fingerprint density at radius 1 is 1.04 bits per heavy atom. The SMILES string of the molecule is CC(C)c1ccc(CN2C(=O)C(=O)c3cc(Br)cc(Br)c32)cc1. The van der Waals surface area contributed by atoms with Gasteiger partial charge in [0, 0.05) is 8.95 Å². The van der Waals surface area contributed by atoms with Crippen LogP contribution in [0.15, 0.2) is 45.3 Å². The maximum Gasteiger partial charge on any atom is 0.299 e. The largest absolute Gasteiger partial charge is 0.299 e. The van der Waals surface area contributed by atoms with E-state index in [1.54, 1.807) is 11.0 Å². The molecule has 0 unspecified atom stereocenters. The molecule has 0 saturated heterocycles. The van der Waals surface area contributed by atoms with Crippen LogP contribution in [0.1, 0.15) is 41.3 Å². The van der Waals surface area contributed by atoms with Gasteiger partial charge in [-0.1, -0.05) is 54.0 Å². The van der Waals surface area contributed by atoms with E-state index >= 15 is 0 Å². The quantitative estimate of drug-likeness (QED) is 0.630. The molecule has 0 radical (unpaired) electrons. The van der Waals surface area contributed by atoms with E-state index in [4.69, 9.17) is 0 Å². The van der Waals surface area contributed by atoms with Crippen LogP contribution in [-0.2, 0) is 11.3 Å². The Hall–Kier alpha value is -1.46. The van der Waals surface area contributed by atoms with Gasteiger partial charge < -0.3 is 0 Å². The average Bonchev–Trinajstić information content (AvgIpc) is 2.73. The standard InChI is InChI=1S/C18H15Br2NO2/c1-10(2)12-5-3-11(4-6-12)9-21-16-14(17(22)18(21)23)7-13(19)8-15(16)20/h3-8,10H,9H2,1-2H3. The van der Waals surface area contributed by atoms with Crippen molar-refractivity contribution in [3.63, 3.8) is 0 Å². The molecule has 0 spiro atoms. The highest BCUT2D eigenvalue weighted by atomic mass is 79.9. The number of anilines is 1. The van der Waals surface area contributed by atoms with E-state index in [-0.39, 0.29) is 0 Å². The molecule has 118 valence electrons. The molecular weight excluding hydrogens is 422 g/mol. The van der Waals surface area contributed by atoms with Gasteiger partial charge in [0.1, 0.15) is 0 Å². The summed E-state index contributed by atoms with van der Waals surface area (Å²) < 4.78 is 1.51. The van der Waals surface area contributed by atoms with Crippen LogP contribution in [-0.4, -0.2) is 11.7 Å². The third kappa shape index (κ3) is 3.00. The van der Waals surface area contributed by atoms with Gasteiger partial charge in [-0.2, -0.15) is 0 Å². The lowest BCUT2D eigenvalue weighted by atomic mass is 10.0. The lowest BCUT2D eigenvalue weighted by Crippen LogP contribution is -2.29. The molecule has 0 N–H and O–H groups in total. The average molecular weight is 437 g/mol. The lowest BCUT2D eigenvalue weighted by Gasteiger charge is -2.18. The summed E-state index contributed by atoms with van der Waals surface area (Å²) in [6, 6.07) is 11.7. The first kappa shape index (κ1) is 16.4. The van der Waals surface area contributed by atoms with Crippen molar-refractivity contribution in [3.8, 4) is 0 Å². The zero-order chi connectivity index (χ0) is 16.7. The number of hydrogen-bond acceptors (Lipinski definition) is 2. The first-order chi connectivity index (χ1) is 10.9. The molecule has 1 aliphatic rings. The van der Waals surface area contributed by atoms with Crippen LogP contribution in [0.5, 0.6) is 0 Å². The number of amides is 1. The van der Waals surface area contributed by atoms with Crippen molar-refractivity contribution >= 4 is 49.2 Å². The number of carbonyl (C=O) groups is 2. The van der Waals surface area contributed by atoms with Crippen molar-refractivity contribution in [2.24, 2.45) is 0 Å². The molecule has 0 bridgehead atoms. The molecule has 0 aliphatic carbocycles. The van der Waals surface area contributed by atoms with Gasteiger partial charge in [0.25, 0.3) is 11.7 Å².